The van der Waals surface area contributed by atoms with Crippen LogP contribution in [0.1, 0.15) is 21.8 Å². The van der Waals surface area contributed by atoms with Crippen LogP contribution in [-0.2, 0) is 16.4 Å². The molecule has 0 aliphatic rings. The van der Waals surface area contributed by atoms with Gasteiger partial charge in [0.05, 0.1) is 23.4 Å². The molecule has 0 aliphatic heterocycles. The first-order valence-electron chi connectivity index (χ1n) is 7.66. The van der Waals surface area contributed by atoms with Gasteiger partial charge in [0.25, 0.3) is 5.91 Å². The molecule has 0 atom stereocenters. The SMILES string of the molecule is Cc1cccc(S(=O)(=O)c2ccoc2C(=O)NCc2cc(F)ccn2)c1. The maximum absolute atomic E-state index is 13.2. The van der Waals surface area contributed by atoms with Crippen LogP contribution in [0.3, 0.4) is 0 Å². The minimum Gasteiger partial charge on any atom is -0.458 e. The Labute approximate surface area is 149 Å². The van der Waals surface area contributed by atoms with E-state index in [-0.39, 0.29) is 22.1 Å². The molecule has 0 spiro atoms. The monoisotopic (exact) mass is 374 g/mol. The molecule has 26 heavy (non-hydrogen) atoms. The molecule has 0 unspecified atom stereocenters. The standard InChI is InChI=1S/C18H15FN2O4S/c1-12-3-2-4-15(9-12)26(23,24)16-6-8-25-17(16)18(22)21-11-14-10-13(19)5-7-20-14/h2-10H,11H2,1H3,(H,21,22). The van der Waals surface area contributed by atoms with Crippen molar-refractivity contribution in [3.63, 3.8) is 0 Å². The van der Waals surface area contributed by atoms with Gasteiger partial charge in [-0.25, -0.2) is 12.8 Å². The molecule has 1 aromatic carbocycles. The van der Waals surface area contributed by atoms with Gasteiger partial charge in [0, 0.05) is 6.20 Å². The van der Waals surface area contributed by atoms with Crippen molar-refractivity contribution in [3.05, 3.63) is 77.8 Å². The van der Waals surface area contributed by atoms with Gasteiger partial charge in [-0.3, -0.25) is 9.78 Å². The minimum atomic E-state index is -3.91. The lowest BCUT2D eigenvalue weighted by atomic mass is 10.2. The second kappa shape index (κ2) is 7.09. The number of furan rings is 1. The summed E-state index contributed by atoms with van der Waals surface area (Å²) in [4.78, 5) is 16.1. The number of carbonyl (C=O) groups excluding carboxylic acids is 1. The van der Waals surface area contributed by atoms with Crippen LogP contribution in [0, 0.1) is 12.7 Å². The number of hydrogen-bond acceptors (Lipinski definition) is 5. The molecular weight excluding hydrogens is 359 g/mol. The van der Waals surface area contributed by atoms with Crippen molar-refractivity contribution in [3.8, 4) is 0 Å². The van der Waals surface area contributed by atoms with E-state index in [0.717, 1.165) is 11.8 Å². The maximum Gasteiger partial charge on any atom is 0.288 e. The van der Waals surface area contributed by atoms with E-state index in [4.69, 9.17) is 4.42 Å². The van der Waals surface area contributed by atoms with Crippen LogP contribution in [0.4, 0.5) is 4.39 Å². The number of hydrogen-bond donors (Lipinski definition) is 1. The van der Waals surface area contributed by atoms with Gasteiger partial charge in [0.2, 0.25) is 15.6 Å². The van der Waals surface area contributed by atoms with Gasteiger partial charge < -0.3 is 9.73 Å². The van der Waals surface area contributed by atoms with Crippen LogP contribution in [0.25, 0.3) is 0 Å². The van der Waals surface area contributed by atoms with Crippen LogP contribution in [0.5, 0.6) is 0 Å². The molecule has 0 saturated carbocycles. The molecule has 0 bridgehead atoms. The number of benzene rings is 1. The maximum atomic E-state index is 13.2. The van der Waals surface area contributed by atoms with Crippen molar-refractivity contribution in [1.82, 2.24) is 10.3 Å². The highest BCUT2D eigenvalue weighted by molar-refractivity contribution is 7.91. The molecule has 3 rings (SSSR count). The Hall–Kier alpha value is -3.00. The highest BCUT2D eigenvalue weighted by Crippen LogP contribution is 2.25. The second-order valence-corrected chi connectivity index (χ2v) is 7.50. The smallest absolute Gasteiger partial charge is 0.288 e. The van der Waals surface area contributed by atoms with E-state index >= 15 is 0 Å². The summed E-state index contributed by atoms with van der Waals surface area (Å²) in [6.45, 7) is 1.70. The van der Waals surface area contributed by atoms with E-state index in [2.05, 4.69) is 10.3 Å². The number of sulfone groups is 1. The van der Waals surface area contributed by atoms with Crippen molar-refractivity contribution in [1.29, 1.82) is 0 Å². The minimum absolute atomic E-state index is 0.0682. The van der Waals surface area contributed by atoms with Crippen LogP contribution in [0.2, 0.25) is 0 Å². The van der Waals surface area contributed by atoms with Crippen molar-refractivity contribution in [2.75, 3.05) is 0 Å². The summed E-state index contributed by atoms with van der Waals surface area (Å²) < 4.78 is 43.8. The molecule has 1 amide bonds. The van der Waals surface area contributed by atoms with Gasteiger partial charge in [-0.1, -0.05) is 12.1 Å². The average molecular weight is 374 g/mol. The summed E-state index contributed by atoms with van der Waals surface area (Å²) in [6, 6.07) is 9.95. The molecule has 0 aliphatic carbocycles. The molecule has 134 valence electrons. The lowest BCUT2D eigenvalue weighted by Crippen LogP contribution is -2.24. The van der Waals surface area contributed by atoms with Crippen molar-refractivity contribution in [2.24, 2.45) is 0 Å². The summed E-state index contributed by atoms with van der Waals surface area (Å²) in [7, 11) is -3.91. The van der Waals surface area contributed by atoms with Gasteiger partial charge in [0.15, 0.2) is 0 Å². The molecule has 1 N–H and O–H groups in total. The molecule has 6 nitrogen and oxygen atoms in total. The Balaban J connectivity index is 1.85. The average Bonchev–Trinajstić information content (AvgIpc) is 3.10. The molecule has 2 heterocycles. The van der Waals surface area contributed by atoms with Gasteiger partial charge in [-0.2, -0.15) is 0 Å². The number of carbonyl (C=O) groups is 1. The van der Waals surface area contributed by atoms with Crippen molar-refractivity contribution in [2.45, 2.75) is 23.3 Å². The van der Waals surface area contributed by atoms with Crippen molar-refractivity contribution < 1.29 is 22.0 Å². The molecule has 0 radical (unpaired) electrons. The molecular formula is C18H15FN2O4S. The molecule has 0 fully saturated rings. The zero-order chi connectivity index (χ0) is 18.7. The van der Waals surface area contributed by atoms with E-state index in [9.17, 15) is 17.6 Å². The van der Waals surface area contributed by atoms with Gasteiger partial charge in [-0.15, -0.1) is 0 Å². The fourth-order valence-corrected chi connectivity index (χ4v) is 3.85. The first-order valence-corrected chi connectivity index (χ1v) is 9.14. The number of aryl methyl sites for hydroxylation is 1. The molecule has 2 aromatic heterocycles. The Morgan fingerprint density at radius 2 is 2.04 bits per heavy atom. The van der Waals surface area contributed by atoms with E-state index in [1.807, 2.05) is 0 Å². The second-order valence-electron chi connectivity index (χ2n) is 5.58. The van der Waals surface area contributed by atoms with E-state index in [0.29, 0.717) is 5.69 Å². The summed E-state index contributed by atoms with van der Waals surface area (Å²) in [5.41, 5.74) is 1.07. The zero-order valence-corrected chi connectivity index (χ0v) is 14.6. The van der Waals surface area contributed by atoms with E-state index in [1.54, 1.807) is 19.1 Å². The van der Waals surface area contributed by atoms with Crippen LogP contribution in [-0.4, -0.2) is 19.3 Å². The van der Waals surface area contributed by atoms with E-state index in [1.165, 1.54) is 36.5 Å². The topological polar surface area (TPSA) is 89.3 Å². The predicted molar refractivity (Wildman–Crippen MR) is 90.7 cm³/mol. The van der Waals surface area contributed by atoms with Gasteiger partial charge >= 0.3 is 0 Å². The first-order chi connectivity index (χ1) is 12.4. The largest absolute Gasteiger partial charge is 0.458 e. The lowest BCUT2D eigenvalue weighted by Gasteiger charge is -2.07. The highest BCUT2D eigenvalue weighted by atomic mass is 32.2. The van der Waals surface area contributed by atoms with Crippen LogP contribution in [0.15, 0.2) is 69.1 Å². The van der Waals surface area contributed by atoms with Gasteiger partial charge in [-0.05, 0) is 42.8 Å². The number of amides is 1. The van der Waals surface area contributed by atoms with E-state index < -0.39 is 21.6 Å². The first kappa shape index (κ1) is 17.8. The van der Waals surface area contributed by atoms with Crippen LogP contribution < -0.4 is 5.32 Å². The highest BCUT2D eigenvalue weighted by Gasteiger charge is 2.27. The molecule has 0 saturated heterocycles. The fourth-order valence-electron chi connectivity index (χ4n) is 2.38. The third-order valence-corrected chi connectivity index (χ3v) is 5.41. The normalized spacial score (nSPS) is 11.3. The Morgan fingerprint density at radius 1 is 1.23 bits per heavy atom. The third kappa shape index (κ3) is 3.65. The summed E-state index contributed by atoms with van der Waals surface area (Å²) in [5.74, 6) is -1.54. The Kier molecular flexibility index (Phi) is 4.85. The summed E-state index contributed by atoms with van der Waals surface area (Å²) in [6.07, 6.45) is 2.41. The van der Waals surface area contributed by atoms with Crippen molar-refractivity contribution >= 4 is 15.7 Å². The fraction of sp³-hybridized carbons (Fsp3) is 0.111. The number of aromatic nitrogens is 1. The number of halogens is 1. The number of nitrogens with one attached hydrogen (secondary N) is 1. The Morgan fingerprint density at radius 3 is 2.77 bits per heavy atom. The molecule has 3 aromatic rings. The lowest BCUT2D eigenvalue weighted by molar-refractivity contribution is 0.0918. The number of pyridine rings is 1. The number of rotatable bonds is 5. The zero-order valence-electron chi connectivity index (χ0n) is 13.8. The predicted octanol–water partition coefficient (Wildman–Crippen LogP) is 2.88. The summed E-state index contributed by atoms with van der Waals surface area (Å²) in [5, 5.41) is 2.48. The molecule has 8 heteroatoms. The van der Waals surface area contributed by atoms with Crippen LogP contribution >= 0.6 is 0 Å². The quantitative estimate of drug-likeness (QED) is 0.742. The number of nitrogens with zero attached hydrogens (tertiary/aromatic N) is 1. The Bertz CT molecular complexity index is 1060. The third-order valence-electron chi connectivity index (χ3n) is 3.63. The van der Waals surface area contributed by atoms with Gasteiger partial charge in [0.1, 0.15) is 10.7 Å². The summed E-state index contributed by atoms with van der Waals surface area (Å²) >= 11 is 0.